The molecular formula is C16H18N4O5. The van der Waals surface area contributed by atoms with Crippen LogP contribution < -0.4 is 20.8 Å². The summed E-state index contributed by atoms with van der Waals surface area (Å²) >= 11 is 0. The van der Waals surface area contributed by atoms with Crippen LogP contribution in [0.2, 0.25) is 0 Å². The molecule has 0 aliphatic rings. The zero-order valence-corrected chi connectivity index (χ0v) is 13.5. The molecule has 0 radical (unpaired) electrons. The van der Waals surface area contributed by atoms with Gasteiger partial charge >= 0.3 is 6.03 Å². The number of aromatic hydroxyl groups is 1. The van der Waals surface area contributed by atoms with Gasteiger partial charge < -0.3 is 24.9 Å². The quantitative estimate of drug-likeness (QED) is 0.439. The van der Waals surface area contributed by atoms with Crippen molar-refractivity contribution in [3.8, 4) is 11.5 Å². The molecule has 1 aromatic heterocycles. The Bertz CT molecular complexity index is 743. The number of carbonyl (C=O) groups excluding carboxylic acids is 2. The maximum Gasteiger partial charge on any atom is 0.315 e. The molecule has 2 rings (SSSR count). The fourth-order valence-electron chi connectivity index (χ4n) is 1.81. The Morgan fingerprint density at radius 1 is 1.32 bits per heavy atom. The minimum Gasteiger partial charge on any atom is -0.504 e. The number of hydrogen-bond acceptors (Lipinski definition) is 6. The molecule has 0 aliphatic carbocycles. The molecule has 0 spiro atoms. The number of rotatable bonds is 7. The molecule has 4 N–H and O–H groups in total. The Labute approximate surface area is 143 Å². The third kappa shape index (κ3) is 5.90. The lowest BCUT2D eigenvalue weighted by atomic mass is 10.2. The van der Waals surface area contributed by atoms with Gasteiger partial charge in [0.05, 0.1) is 26.1 Å². The van der Waals surface area contributed by atoms with E-state index in [0.29, 0.717) is 17.1 Å². The van der Waals surface area contributed by atoms with Gasteiger partial charge in [0.25, 0.3) is 5.91 Å². The number of benzene rings is 1. The molecule has 0 aliphatic heterocycles. The Balaban J connectivity index is 1.69. The summed E-state index contributed by atoms with van der Waals surface area (Å²) in [5.74, 6) is 0.410. The van der Waals surface area contributed by atoms with Crippen LogP contribution in [0.25, 0.3) is 0 Å². The lowest BCUT2D eigenvalue weighted by Gasteiger charge is -2.05. The van der Waals surface area contributed by atoms with Crippen LogP contribution in [0.1, 0.15) is 11.3 Å². The Hall–Kier alpha value is -3.49. The average Bonchev–Trinajstić information content (AvgIpc) is 3.12. The molecular weight excluding hydrogens is 328 g/mol. The molecule has 0 saturated carbocycles. The van der Waals surface area contributed by atoms with Gasteiger partial charge in [-0.25, -0.2) is 10.2 Å². The van der Waals surface area contributed by atoms with Crippen molar-refractivity contribution in [3.05, 3.63) is 47.9 Å². The predicted octanol–water partition coefficient (Wildman–Crippen LogP) is 0.943. The number of phenolic OH excluding ortho intramolecular Hbond substituents is 1. The lowest BCUT2D eigenvalue weighted by Crippen LogP contribution is -2.40. The van der Waals surface area contributed by atoms with Crippen LogP contribution in [0.3, 0.4) is 0 Å². The van der Waals surface area contributed by atoms with Gasteiger partial charge in [0, 0.05) is 0 Å². The Morgan fingerprint density at radius 2 is 2.16 bits per heavy atom. The summed E-state index contributed by atoms with van der Waals surface area (Å²) in [6.07, 6.45) is 2.86. The number of hydrazone groups is 1. The molecule has 9 nitrogen and oxygen atoms in total. The fourth-order valence-corrected chi connectivity index (χ4v) is 1.81. The monoisotopic (exact) mass is 346 g/mol. The molecule has 1 heterocycles. The number of nitrogens with zero attached hydrogens (tertiary/aromatic N) is 1. The van der Waals surface area contributed by atoms with Crippen molar-refractivity contribution in [2.75, 3.05) is 13.7 Å². The largest absolute Gasteiger partial charge is 0.504 e. The number of amides is 3. The maximum atomic E-state index is 11.6. The van der Waals surface area contributed by atoms with E-state index in [9.17, 15) is 14.7 Å². The summed E-state index contributed by atoms with van der Waals surface area (Å²) in [7, 11) is 1.45. The van der Waals surface area contributed by atoms with E-state index < -0.39 is 11.9 Å². The molecule has 25 heavy (non-hydrogen) atoms. The van der Waals surface area contributed by atoms with Crippen LogP contribution in [-0.2, 0) is 11.3 Å². The van der Waals surface area contributed by atoms with Gasteiger partial charge in [0.1, 0.15) is 12.3 Å². The molecule has 132 valence electrons. The summed E-state index contributed by atoms with van der Waals surface area (Å²) in [5.41, 5.74) is 2.83. The molecule has 9 heteroatoms. The molecule has 2 aromatic rings. The second-order valence-electron chi connectivity index (χ2n) is 4.84. The number of phenols is 1. The highest BCUT2D eigenvalue weighted by Gasteiger charge is 2.05. The van der Waals surface area contributed by atoms with Crippen LogP contribution in [0.5, 0.6) is 11.5 Å². The smallest absolute Gasteiger partial charge is 0.315 e. The van der Waals surface area contributed by atoms with Crippen LogP contribution in [0.4, 0.5) is 4.79 Å². The first kappa shape index (κ1) is 17.9. The molecule has 0 fully saturated rings. The molecule has 0 saturated heterocycles. The van der Waals surface area contributed by atoms with Crippen LogP contribution >= 0.6 is 0 Å². The summed E-state index contributed by atoms with van der Waals surface area (Å²) in [5, 5.41) is 18.3. The third-order valence-electron chi connectivity index (χ3n) is 3.02. The summed E-state index contributed by atoms with van der Waals surface area (Å²) in [4.78, 5) is 23.1. The summed E-state index contributed by atoms with van der Waals surface area (Å²) in [6.45, 7) is -0.0191. The highest BCUT2D eigenvalue weighted by Crippen LogP contribution is 2.25. The Kier molecular flexibility index (Phi) is 6.40. The topological polar surface area (TPSA) is 125 Å². The zero-order chi connectivity index (χ0) is 18.1. The first-order chi connectivity index (χ1) is 12.1. The van der Waals surface area contributed by atoms with E-state index in [2.05, 4.69) is 21.2 Å². The van der Waals surface area contributed by atoms with Crippen LogP contribution in [-0.4, -0.2) is 36.9 Å². The van der Waals surface area contributed by atoms with E-state index >= 15 is 0 Å². The van der Waals surface area contributed by atoms with Gasteiger partial charge in [-0.3, -0.25) is 4.79 Å². The Morgan fingerprint density at radius 3 is 2.84 bits per heavy atom. The molecule has 3 amide bonds. The number of carbonyl (C=O) groups is 2. The minimum atomic E-state index is -0.504. The van der Waals surface area contributed by atoms with Crippen molar-refractivity contribution in [2.24, 2.45) is 5.10 Å². The summed E-state index contributed by atoms with van der Waals surface area (Å²) < 4.78 is 9.99. The van der Waals surface area contributed by atoms with Crippen molar-refractivity contribution >= 4 is 18.2 Å². The van der Waals surface area contributed by atoms with E-state index in [1.54, 1.807) is 24.3 Å². The van der Waals surface area contributed by atoms with Crippen molar-refractivity contribution in [1.82, 2.24) is 16.1 Å². The number of ether oxygens (including phenoxy) is 1. The highest BCUT2D eigenvalue weighted by molar-refractivity contribution is 5.86. The van der Waals surface area contributed by atoms with Crippen molar-refractivity contribution in [1.29, 1.82) is 0 Å². The zero-order valence-electron chi connectivity index (χ0n) is 13.5. The van der Waals surface area contributed by atoms with Crippen LogP contribution in [0.15, 0.2) is 46.1 Å². The summed E-state index contributed by atoms with van der Waals surface area (Å²) in [6, 6.07) is 7.60. The van der Waals surface area contributed by atoms with Gasteiger partial charge in [-0.2, -0.15) is 5.10 Å². The standard InChI is InChI=1S/C16H18N4O5/c1-24-14-5-4-11(7-13(14)21)8-19-20-15(22)10-18-16(23)17-9-12-3-2-6-25-12/h2-8,21H,9-10H2,1H3,(H,20,22)(H2,17,18,23). The molecule has 0 atom stereocenters. The maximum absolute atomic E-state index is 11.6. The lowest BCUT2D eigenvalue weighted by molar-refractivity contribution is -0.120. The van der Waals surface area contributed by atoms with Gasteiger partial charge in [-0.05, 0) is 35.9 Å². The second kappa shape index (κ2) is 8.96. The number of furan rings is 1. The molecule has 0 unspecified atom stereocenters. The van der Waals surface area contributed by atoms with Gasteiger partial charge in [0.2, 0.25) is 0 Å². The number of methoxy groups -OCH3 is 1. The van der Waals surface area contributed by atoms with E-state index in [-0.39, 0.29) is 18.8 Å². The number of urea groups is 1. The SMILES string of the molecule is COc1ccc(C=NNC(=O)CNC(=O)NCc2ccco2)cc1O. The van der Waals surface area contributed by atoms with Crippen molar-refractivity contribution in [3.63, 3.8) is 0 Å². The van der Waals surface area contributed by atoms with E-state index in [1.807, 2.05) is 0 Å². The number of nitrogens with one attached hydrogen (secondary N) is 3. The van der Waals surface area contributed by atoms with Crippen molar-refractivity contribution in [2.45, 2.75) is 6.54 Å². The van der Waals surface area contributed by atoms with Crippen molar-refractivity contribution < 1.29 is 23.8 Å². The van der Waals surface area contributed by atoms with E-state index in [1.165, 1.54) is 25.7 Å². The van der Waals surface area contributed by atoms with E-state index in [4.69, 9.17) is 9.15 Å². The van der Waals surface area contributed by atoms with Gasteiger partial charge in [0.15, 0.2) is 11.5 Å². The van der Waals surface area contributed by atoms with Gasteiger partial charge in [-0.1, -0.05) is 0 Å². The minimum absolute atomic E-state index is 0.0346. The average molecular weight is 346 g/mol. The predicted molar refractivity (Wildman–Crippen MR) is 89.3 cm³/mol. The first-order valence-corrected chi connectivity index (χ1v) is 7.31. The third-order valence-corrected chi connectivity index (χ3v) is 3.02. The van der Waals surface area contributed by atoms with E-state index in [0.717, 1.165) is 0 Å². The highest BCUT2D eigenvalue weighted by atomic mass is 16.5. The first-order valence-electron chi connectivity index (χ1n) is 7.31. The van der Waals surface area contributed by atoms with Gasteiger partial charge in [-0.15, -0.1) is 0 Å². The van der Waals surface area contributed by atoms with Crippen LogP contribution in [0, 0.1) is 0 Å². The normalized spacial score (nSPS) is 10.4. The molecule has 1 aromatic carbocycles. The number of hydrogen-bond donors (Lipinski definition) is 4. The fraction of sp³-hybridized carbons (Fsp3) is 0.188. The second-order valence-corrected chi connectivity index (χ2v) is 4.84. The molecule has 0 bridgehead atoms.